The van der Waals surface area contributed by atoms with E-state index in [0.717, 1.165) is 4.57 Å². The fraction of sp³-hybridized carbons (Fsp3) is 0.286. The summed E-state index contributed by atoms with van der Waals surface area (Å²) in [6.45, 7) is 1.49. The second kappa shape index (κ2) is 2.77. The van der Waals surface area contributed by atoms with Crippen LogP contribution in [0.25, 0.3) is 0 Å². The number of carboxylic acids is 1. The first-order valence-corrected chi connectivity index (χ1v) is 3.30. The number of aryl methyl sites for hydroxylation is 2. The van der Waals surface area contributed by atoms with Gasteiger partial charge in [0.2, 0.25) is 0 Å². The van der Waals surface area contributed by atoms with Crippen LogP contribution in [0.1, 0.15) is 16.1 Å². The van der Waals surface area contributed by atoms with Crippen LogP contribution in [0.4, 0.5) is 0 Å². The van der Waals surface area contributed by atoms with Gasteiger partial charge in [-0.15, -0.1) is 0 Å². The third-order valence-corrected chi connectivity index (χ3v) is 1.51. The van der Waals surface area contributed by atoms with Crippen LogP contribution in [0.5, 0.6) is 0 Å². The van der Waals surface area contributed by atoms with Gasteiger partial charge in [-0.25, -0.2) is 9.59 Å². The highest BCUT2D eigenvalue weighted by Crippen LogP contribution is 1.99. The van der Waals surface area contributed by atoms with Crippen molar-refractivity contribution in [1.29, 1.82) is 0 Å². The number of carbonyl (C=O) groups is 1. The number of aromatic nitrogens is 2. The Hall–Kier alpha value is -1.65. The molecule has 1 heterocycles. The van der Waals surface area contributed by atoms with Crippen LogP contribution in [0.3, 0.4) is 0 Å². The molecule has 5 heteroatoms. The molecule has 0 aliphatic carbocycles. The van der Waals surface area contributed by atoms with E-state index < -0.39 is 11.7 Å². The number of aromatic carboxylic acids is 1. The van der Waals surface area contributed by atoms with Crippen molar-refractivity contribution in [2.24, 2.45) is 7.05 Å². The highest BCUT2D eigenvalue weighted by atomic mass is 16.4. The van der Waals surface area contributed by atoms with Gasteiger partial charge in [0.1, 0.15) is 0 Å². The molecule has 0 amide bonds. The number of hydrogen-bond acceptors (Lipinski definition) is 3. The maximum absolute atomic E-state index is 10.9. The number of nitrogens with zero attached hydrogens (tertiary/aromatic N) is 2. The summed E-state index contributed by atoms with van der Waals surface area (Å²) in [6, 6.07) is 0. The van der Waals surface area contributed by atoms with Gasteiger partial charge in [0.05, 0.1) is 11.3 Å². The predicted molar refractivity (Wildman–Crippen MR) is 41.2 cm³/mol. The van der Waals surface area contributed by atoms with Crippen molar-refractivity contribution in [3.8, 4) is 0 Å². The van der Waals surface area contributed by atoms with Crippen molar-refractivity contribution >= 4 is 5.97 Å². The zero-order valence-electron chi connectivity index (χ0n) is 6.74. The van der Waals surface area contributed by atoms with E-state index in [1.807, 2.05) is 0 Å². The van der Waals surface area contributed by atoms with Gasteiger partial charge >= 0.3 is 11.7 Å². The molecule has 0 saturated heterocycles. The summed E-state index contributed by atoms with van der Waals surface area (Å²) in [7, 11) is 1.46. The molecule has 0 bridgehead atoms. The minimum absolute atomic E-state index is 0.0529. The summed E-state index contributed by atoms with van der Waals surface area (Å²) in [6.07, 6.45) is 1.26. The van der Waals surface area contributed by atoms with Gasteiger partial charge in [0.15, 0.2) is 0 Å². The fourth-order valence-corrected chi connectivity index (χ4v) is 0.835. The van der Waals surface area contributed by atoms with Crippen LogP contribution in [0.15, 0.2) is 11.0 Å². The molecule has 5 nitrogen and oxygen atoms in total. The summed E-state index contributed by atoms with van der Waals surface area (Å²) >= 11 is 0. The average molecular weight is 168 g/mol. The van der Waals surface area contributed by atoms with E-state index in [-0.39, 0.29) is 11.3 Å². The van der Waals surface area contributed by atoms with Crippen LogP contribution in [-0.2, 0) is 7.05 Å². The normalized spacial score (nSPS) is 9.83. The standard InChI is InChI=1S/C7H8N2O3/c1-4-5(6(10)11)3-9(2)7(12)8-4/h3H,1-2H3,(H,10,11). The highest BCUT2D eigenvalue weighted by molar-refractivity contribution is 5.88. The van der Waals surface area contributed by atoms with E-state index in [2.05, 4.69) is 4.98 Å². The maximum Gasteiger partial charge on any atom is 0.347 e. The third-order valence-electron chi connectivity index (χ3n) is 1.51. The van der Waals surface area contributed by atoms with Crippen molar-refractivity contribution in [1.82, 2.24) is 9.55 Å². The fourth-order valence-electron chi connectivity index (χ4n) is 0.835. The monoisotopic (exact) mass is 168 g/mol. The lowest BCUT2D eigenvalue weighted by Gasteiger charge is -2.00. The van der Waals surface area contributed by atoms with Crippen LogP contribution in [-0.4, -0.2) is 20.6 Å². The number of carboxylic acid groups (broad SMARTS) is 1. The second-order valence-corrected chi connectivity index (χ2v) is 2.44. The maximum atomic E-state index is 10.9. The number of rotatable bonds is 1. The Balaban J connectivity index is 3.43. The summed E-state index contributed by atoms with van der Waals surface area (Å²) in [5.41, 5.74) is -0.153. The van der Waals surface area contributed by atoms with Crippen LogP contribution < -0.4 is 5.69 Å². The molecule has 1 N–H and O–H groups in total. The first kappa shape index (κ1) is 8.45. The zero-order valence-corrected chi connectivity index (χ0v) is 6.74. The average Bonchev–Trinajstić information content (AvgIpc) is 1.96. The molecule has 0 aliphatic heterocycles. The summed E-state index contributed by atoms with van der Waals surface area (Å²) in [4.78, 5) is 24.9. The van der Waals surface area contributed by atoms with Gasteiger partial charge in [-0.2, -0.15) is 4.98 Å². The molecule has 0 fully saturated rings. The lowest BCUT2D eigenvalue weighted by molar-refractivity contribution is 0.0694. The molecule has 0 atom stereocenters. The van der Waals surface area contributed by atoms with Crippen LogP contribution in [0, 0.1) is 6.92 Å². The molecule has 0 radical (unpaired) electrons. The topological polar surface area (TPSA) is 72.2 Å². The molecule has 0 aromatic carbocycles. The molecule has 0 spiro atoms. The molecule has 1 aromatic rings. The van der Waals surface area contributed by atoms with Gasteiger partial charge in [-0.05, 0) is 6.92 Å². The van der Waals surface area contributed by atoms with Gasteiger partial charge in [0.25, 0.3) is 0 Å². The Kier molecular flexibility index (Phi) is 1.95. The van der Waals surface area contributed by atoms with E-state index in [1.165, 1.54) is 20.2 Å². The Morgan fingerprint density at radius 1 is 1.67 bits per heavy atom. The molecular formula is C7H8N2O3. The first-order valence-electron chi connectivity index (χ1n) is 3.30. The Morgan fingerprint density at radius 2 is 2.25 bits per heavy atom. The summed E-state index contributed by atoms with van der Waals surface area (Å²) < 4.78 is 1.14. The molecule has 1 aromatic heterocycles. The van der Waals surface area contributed by atoms with Crippen molar-refractivity contribution < 1.29 is 9.90 Å². The molecule has 12 heavy (non-hydrogen) atoms. The zero-order chi connectivity index (χ0) is 9.30. The predicted octanol–water partition coefficient (Wildman–Crippen LogP) is -0.213. The van der Waals surface area contributed by atoms with Crippen molar-refractivity contribution in [2.45, 2.75) is 6.92 Å². The van der Waals surface area contributed by atoms with E-state index in [0.29, 0.717) is 0 Å². The van der Waals surface area contributed by atoms with E-state index in [4.69, 9.17) is 5.11 Å². The summed E-state index contributed by atoms with van der Waals surface area (Å²) in [5, 5.41) is 8.63. The number of hydrogen-bond donors (Lipinski definition) is 1. The largest absolute Gasteiger partial charge is 0.478 e. The Morgan fingerprint density at radius 3 is 2.75 bits per heavy atom. The van der Waals surface area contributed by atoms with Crippen molar-refractivity contribution in [3.63, 3.8) is 0 Å². The second-order valence-electron chi connectivity index (χ2n) is 2.44. The van der Waals surface area contributed by atoms with Gasteiger partial charge in [0, 0.05) is 13.2 Å². The third kappa shape index (κ3) is 1.34. The smallest absolute Gasteiger partial charge is 0.347 e. The molecule has 0 aliphatic rings. The Bertz CT molecular complexity index is 381. The van der Waals surface area contributed by atoms with Crippen molar-refractivity contribution in [3.05, 3.63) is 27.9 Å². The van der Waals surface area contributed by atoms with E-state index in [9.17, 15) is 9.59 Å². The lowest BCUT2D eigenvalue weighted by atomic mass is 10.2. The van der Waals surface area contributed by atoms with Crippen LogP contribution >= 0.6 is 0 Å². The highest BCUT2D eigenvalue weighted by Gasteiger charge is 2.09. The quantitative estimate of drug-likeness (QED) is 0.629. The molecule has 1 rings (SSSR count). The van der Waals surface area contributed by atoms with Gasteiger partial charge < -0.3 is 9.67 Å². The SMILES string of the molecule is Cc1nc(=O)n(C)cc1C(=O)O. The molecular weight excluding hydrogens is 160 g/mol. The van der Waals surface area contributed by atoms with Gasteiger partial charge in [-0.3, -0.25) is 0 Å². The Labute approximate surface area is 68.3 Å². The lowest BCUT2D eigenvalue weighted by Crippen LogP contribution is -2.23. The summed E-state index contributed by atoms with van der Waals surface area (Å²) in [5.74, 6) is -1.07. The van der Waals surface area contributed by atoms with E-state index >= 15 is 0 Å². The molecule has 0 saturated carbocycles. The minimum atomic E-state index is -1.07. The minimum Gasteiger partial charge on any atom is -0.478 e. The van der Waals surface area contributed by atoms with Crippen molar-refractivity contribution in [2.75, 3.05) is 0 Å². The van der Waals surface area contributed by atoms with E-state index in [1.54, 1.807) is 0 Å². The molecule has 0 unspecified atom stereocenters. The van der Waals surface area contributed by atoms with Crippen LogP contribution in [0.2, 0.25) is 0 Å². The molecule has 64 valence electrons. The first-order chi connectivity index (χ1) is 5.52. The van der Waals surface area contributed by atoms with Gasteiger partial charge in [-0.1, -0.05) is 0 Å².